The van der Waals surface area contributed by atoms with E-state index in [1.807, 2.05) is 0 Å². The van der Waals surface area contributed by atoms with Gasteiger partial charge < -0.3 is 9.80 Å². The third-order valence-electron chi connectivity index (χ3n) is 3.30. The lowest BCUT2D eigenvalue weighted by Crippen LogP contribution is -2.45. The number of hydrogen-bond acceptors (Lipinski definition) is 4. The fourth-order valence-corrected chi connectivity index (χ4v) is 3.27. The molecule has 2 rings (SSSR count). The Morgan fingerprint density at radius 3 is 2.21 bits per heavy atom. The molecule has 4 nitrogen and oxygen atoms in total. The molecule has 0 N–H and O–H groups in total. The largest absolute Gasteiger partial charge is 0.338 e. The fraction of sp³-hybridized carbons (Fsp3) is 0.692. The fourth-order valence-electron chi connectivity index (χ4n) is 2.05. The van der Waals surface area contributed by atoms with Crippen LogP contribution in [0.3, 0.4) is 0 Å². The van der Waals surface area contributed by atoms with E-state index in [4.69, 9.17) is 16.6 Å². The SMILES string of the molecule is CN1CCN(c2nc(Cl)c(I)c(C(C)(C)C)n2)CC1. The van der Waals surface area contributed by atoms with Crippen LogP contribution in [0.2, 0.25) is 5.15 Å². The molecule has 0 saturated carbocycles. The van der Waals surface area contributed by atoms with Crippen molar-refractivity contribution in [3.05, 3.63) is 14.4 Å². The summed E-state index contributed by atoms with van der Waals surface area (Å²) in [5.74, 6) is 0.767. The summed E-state index contributed by atoms with van der Waals surface area (Å²) >= 11 is 8.51. The molecule has 2 heterocycles. The molecule has 106 valence electrons. The van der Waals surface area contributed by atoms with Crippen molar-refractivity contribution in [2.24, 2.45) is 0 Å². The standard InChI is InChI=1S/C13H20ClIN4/c1-13(2,3)10-9(15)11(14)17-12(16-10)19-7-5-18(4)6-8-19/h5-8H2,1-4H3. The summed E-state index contributed by atoms with van der Waals surface area (Å²) in [6, 6.07) is 0. The predicted molar refractivity (Wildman–Crippen MR) is 88.2 cm³/mol. The Balaban J connectivity index is 2.34. The van der Waals surface area contributed by atoms with Gasteiger partial charge in [-0.2, -0.15) is 4.98 Å². The number of piperazine rings is 1. The minimum absolute atomic E-state index is 0.0234. The third-order valence-corrected chi connectivity index (χ3v) is 4.91. The molecule has 1 aromatic heterocycles. The molecular weight excluding hydrogens is 375 g/mol. The number of rotatable bonds is 1. The lowest BCUT2D eigenvalue weighted by molar-refractivity contribution is 0.311. The van der Waals surface area contributed by atoms with Crippen molar-refractivity contribution in [3.63, 3.8) is 0 Å². The van der Waals surface area contributed by atoms with Crippen LogP contribution < -0.4 is 4.90 Å². The van der Waals surface area contributed by atoms with E-state index >= 15 is 0 Å². The van der Waals surface area contributed by atoms with Gasteiger partial charge in [0.05, 0.1) is 9.26 Å². The molecule has 1 aliphatic rings. The summed E-state index contributed by atoms with van der Waals surface area (Å²) in [7, 11) is 2.14. The highest BCUT2D eigenvalue weighted by molar-refractivity contribution is 14.1. The normalized spacial score (nSPS) is 17.9. The lowest BCUT2D eigenvalue weighted by Gasteiger charge is -2.33. The van der Waals surface area contributed by atoms with Crippen molar-refractivity contribution in [2.75, 3.05) is 38.1 Å². The lowest BCUT2D eigenvalue weighted by atomic mass is 9.92. The molecule has 1 aliphatic heterocycles. The van der Waals surface area contributed by atoms with Crippen molar-refractivity contribution in [3.8, 4) is 0 Å². The smallest absolute Gasteiger partial charge is 0.227 e. The second-order valence-corrected chi connectivity index (χ2v) is 7.45. The Morgan fingerprint density at radius 1 is 1.11 bits per heavy atom. The molecule has 0 aliphatic carbocycles. The maximum absolute atomic E-state index is 6.28. The number of anilines is 1. The number of nitrogens with zero attached hydrogens (tertiary/aromatic N) is 4. The second-order valence-electron chi connectivity index (χ2n) is 6.02. The van der Waals surface area contributed by atoms with Gasteiger partial charge in [0.15, 0.2) is 0 Å². The van der Waals surface area contributed by atoms with Crippen molar-refractivity contribution in [1.82, 2.24) is 14.9 Å². The molecule has 19 heavy (non-hydrogen) atoms. The zero-order valence-electron chi connectivity index (χ0n) is 11.9. The van der Waals surface area contributed by atoms with Gasteiger partial charge in [0, 0.05) is 31.6 Å². The predicted octanol–water partition coefficient (Wildman–Crippen LogP) is 2.78. The Morgan fingerprint density at radius 2 is 1.68 bits per heavy atom. The molecule has 1 saturated heterocycles. The molecular formula is C13H20ClIN4. The quantitative estimate of drug-likeness (QED) is 0.542. The molecule has 0 radical (unpaired) electrons. The van der Waals surface area contributed by atoms with E-state index in [1.54, 1.807) is 0 Å². The van der Waals surface area contributed by atoms with Gasteiger partial charge in [-0.3, -0.25) is 0 Å². The minimum Gasteiger partial charge on any atom is -0.338 e. The van der Waals surface area contributed by atoms with E-state index in [1.165, 1.54) is 0 Å². The summed E-state index contributed by atoms with van der Waals surface area (Å²) in [5, 5.41) is 0.564. The maximum atomic E-state index is 6.28. The molecule has 1 aromatic rings. The zero-order valence-corrected chi connectivity index (χ0v) is 14.8. The van der Waals surface area contributed by atoms with Gasteiger partial charge in [-0.25, -0.2) is 4.98 Å². The third kappa shape index (κ3) is 3.49. The first kappa shape index (κ1) is 15.3. The van der Waals surface area contributed by atoms with Crippen LogP contribution >= 0.6 is 34.2 Å². The van der Waals surface area contributed by atoms with Gasteiger partial charge in [-0.15, -0.1) is 0 Å². The van der Waals surface area contributed by atoms with Gasteiger partial charge >= 0.3 is 0 Å². The highest BCUT2D eigenvalue weighted by Crippen LogP contribution is 2.31. The van der Waals surface area contributed by atoms with Crippen LogP contribution in [0.4, 0.5) is 5.95 Å². The van der Waals surface area contributed by atoms with Crippen LogP contribution in [0, 0.1) is 3.57 Å². The number of hydrogen-bond donors (Lipinski definition) is 0. The molecule has 0 atom stereocenters. The van der Waals surface area contributed by atoms with E-state index < -0.39 is 0 Å². The van der Waals surface area contributed by atoms with Gasteiger partial charge in [0.2, 0.25) is 5.95 Å². The van der Waals surface area contributed by atoms with Crippen LogP contribution in [-0.2, 0) is 5.41 Å². The molecule has 6 heteroatoms. The first-order valence-electron chi connectivity index (χ1n) is 6.46. The summed E-state index contributed by atoms with van der Waals surface area (Å²) in [4.78, 5) is 13.7. The Labute approximate surface area is 133 Å². The number of likely N-dealkylation sites (N-methyl/N-ethyl adjacent to an activating group) is 1. The van der Waals surface area contributed by atoms with Gasteiger partial charge in [-0.1, -0.05) is 32.4 Å². The first-order chi connectivity index (χ1) is 8.79. The van der Waals surface area contributed by atoms with Crippen molar-refractivity contribution >= 4 is 40.1 Å². The van der Waals surface area contributed by atoms with Crippen LogP contribution in [0.1, 0.15) is 26.5 Å². The Kier molecular flexibility index (Phi) is 4.57. The van der Waals surface area contributed by atoms with E-state index in [0.717, 1.165) is 41.4 Å². The average Bonchev–Trinajstić information content (AvgIpc) is 2.32. The average molecular weight is 395 g/mol. The van der Waals surface area contributed by atoms with Gasteiger partial charge in [0.25, 0.3) is 0 Å². The monoisotopic (exact) mass is 394 g/mol. The number of halogens is 2. The molecule has 0 spiro atoms. The van der Waals surface area contributed by atoms with E-state index in [-0.39, 0.29) is 5.41 Å². The summed E-state index contributed by atoms with van der Waals surface area (Å²) < 4.78 is 0.963. The number of aromatic nitrogens is 2. The van der Waals surface area contributed by atoms with Crippen LogP contribution in [0.15, 0.2) is 0 Å². The molecule has 0 amide bonds. The zero-order chi connectivity index (χ0) is 14.2. The van der Waals surface area contributed by atoms with Crippen LogP contribution in [0.25, 0.3) is 0 Å². The topological polar surface area (TPSA) is 32.3 Å². The summed E-state index contributed by atoms with van der Waals surface area (Å²) in [5.41, 5.74) is 1.01. The molecule has 1 fully saturated rings. The van der Waals surface area contributed by atoms with E-state index in [0.29, 0.717) is 5.15 Å². The highest BCUT2D eigenvalue weighted by Gasteiger charge is 2.25. The van der Waals surface area contributed by atoms with Crippen molar-refractivity contribution < 1.29 is 0 Å². The molecule has 0 unspecified atom stereocenters. The Hall–Kier alpha value is -0.140. The van der Waals surface area contributed by atoms with Crippen molar-refractivity contribution in [2.45, 2.75) is 26.2 Å². The summed E-state index contributed by atoms with van der Waals surface area (Å²) in [6.07, 6.45) is 0. The highest BCUT2D eigenvalue weighted by atomic mass is 127. The van der Waals surface area contributed by atoms with Crippen LogP contribution in [-0.4, -0.2) is 48.1 Å². The molecule has 0 bridgehead atoms. The molecule has 0 aromatic carbocycles. The minimum atomic E-state index is -0.0234. The van der Waals surface area contributed by atoms with E-state index in [2.05, 4.69) is 65.2 Å². The second kappa shape index (κ2) is 5.69. The van der Waals surface area contributed by atoms with Crippen LogP contribution in [0.5, 0.6) is 0 Å². The van der Waals surface area contributed by atoms with E-state index in [9.17, 15) is 0 Å². The first-order valence-corrected chi connectivity index (χ1v) is 7.91. The Bertz CT molecular complexity index is 464. The maximum Gasteiger partial charge on any atom is 0.227 e. The van der Waals surface area contributed by atoms with Gasteiger partial charge in [-0.05, 0) is 29.6 Å². The van der Waals surface area contributed by atoms with Crippen molar-refractivity contribution in [1.29, 1.82) is 0 Å². The summed E-state index contributed by atoms with van der Waals surface area (Å²) in [6.45, 7) is 10.5. The van der Waals surface area contributed by atoms with Gasteiger partial charge in [0.1, 0.15) is 5.15 Å².